The number of imide groups is 1. The van der Waals surface area contributed by atoms with Gasteiger partial charge in [-0.3, -0.25) is 14.4 Å². The van der Waals surface area contributed by atoms with Gasteiger partial charge in [0.25, 0.3) is 5.91 Å². The Kier molecular flexibility index (Phi) is 12.8. The third-order valence-electron chi connectivity index (χ3n) is 7.30. The maximum Gasteiger partial charge on any atom is 0.418 e. The average molecular weight is 661 g/mol. The van der Waals surface area contributed by atoms with E-state index >= 15 is 0 Å². The molecule has 5 N–H and O–H groups in total. The normalized spacial score (nSPS) is 13.6. The van der Waals surface area contributed by atoms with Gasteiger partial charge in [-0.2, -0.15) is 0 Å². The number of carbonyl (C=O) groups excluding carboxylic acids is 4. The van der Waals surface area contributed by atoms with Crippen molar-refractivity contribution in [2.24, 2.45) is 5.73 Å². The lowest BCUT2D eigenvalue weighted by molar-refractivity contribution is -0.157. The molecule has 0 radical (unpaired) electrons. The minimum absolute atomic E-state index is 0.192. The van der Waals surface area contributed by atoms with Gasteiger partial charge in [-0.05, 0) is 69.9 Å². The molecule has 48 heavy (non-hydrogen) atoms. The number of carboxylic acid groups (broad SMARTS) is 1. The number of carbonyl (C=O) groups is 5. The first-order valence-corrected chi connectivity index (χ1v) is 15.5. The maximum atomic E-state index is 13.4. The van der Waals surface area contributed by atoms with E-state index in [4.69, 9.17) is 15.2 Å². The largest absolute Gasteiger partial charge is 0.489 e. The number of amides is 4. The molecule has 3 aromatic carbocycles. The fraction of sp³-hybridized carbons (Fsp3) is 0.361. The lowest BCUT2D eigenvalue weighted by Gasteiger charge is -2.37. The zero-order valence-corrected chi connectivity index (χ0v) is 27.9. The van der Waals surface area contributed by atoms with Crippen molar-refractivity contribution in [1.82, 2.24) is 15.5 Å². The van der Waals surface area contributed by atoms with Gasteiger partial charge in [-0.25, -0.2) is 14.5 Å². The lowest BCUT2D eigenvalue weighted by Crippen LogP contribution is -2.62. The minimum Gasteiger partial charge on any atom is -0.489 e. The summed E-state index contributed by atoms with van der Waals surface area (Å²) in [6, 6.07) is 23.3. The molecule has 0 aliphatic heterocycles. The van der Waals surface area contributed by atoms with Crippen molar-refractivity contribution in [1.29, 1.82) is 0 Å². The first kappa shape index (κ1) is 37.2. The molecular formula is C36H44N4O8. The molecule has 0 spiro atoms. The van der Waals surface area contributed by atoms with Crippen LogP contribution in [0, 0.1) is 0 Å². The number of nitrogens with zero attached hydrogens (tertiary/aromatic N) is 1. The number of hydrogen-bond donors (Lipinski definition) is 4. The highest BCUT2D eigenvalue weighted by Crippen LogP contribution is 2.25. The first-order valence-electron chi connectivity index (χ1n) is 15.5. The number of carboxylic acids is 1. The van der Waals surface area contributed by atoms with E-state index in [2.05, 4.69) is 10.6 Å². The van der Waals surface area contributed by atoms with Gasteiger partial charge in [0.05, 0.1) is 12.6 Å². The summed E-state index contributed by atoms with van der Waals surface area (Å²) in [6.07, 6.45) is -1.20. The highest BCUT2D eigenvalue weighted by Gasteiger charge is 2.48. The van der Waals surface area contributed by atoms with E-state index in [0.717, 1.165) is 11.1 Å². The van der Waals surface area contributed by atoms with Crippen molar-refractivity contribution in [3.8, 4) is 5.75 Å². The number of aliphatic carboxylic acids is 1. The zero-order chi connectivity index (χ0) is 35.5. The van der Waals surface area contributed by atoms with E-state index in [0.29, 0.717) is 22.8 Å². The molecule has 0 saturated carbocycles. The van der Waals surface area contributed by atoms with Gasteiger partial charge < -0.3 is 30.9 Å². The van der Waals surface area contributed by atoms with Crippen LogP contribution >= 0.6 is 0 Å². The molecular weight excluding hydrogens is 616 g/mol. The summed E-state index contributed by atoms with van der Waals surface area (Å²) >= 11 is 0. The van der Waals surface area contributed by atoms with Crippen LogP contribution < -0.4 is 21.1 Å². The van der Waals surface area contributed by atoms with Crippen LogP contribution in [0.4, 0.5) is 4.79 Å². The molecule has 3 rings (SSSR count). The zero-order valence-electron chi connectivity index (χ0n) is 27.9. The predicted molar refractivity (Wildman–Crippen MR) is 179 cm³/mol. The van der Waals surface area contributed by atoms with Gasteiger partial charge >= 0.3 is 12.1 Å². The summed E-state index contributed by atoms with van der Waals surface area (Å²) in [4.78, 5) is 65.4. The summed E-state index contributed by atoms with van der Waals surface area (Å²) in [7, 11) is 0. The fourth-order valence-corrected chi connectivity index (χ4v) is 4.72. The summed E-state index contributed by atoms with van der Waals surface area (Å²) < 4.78 is 11.2. The first-order chi connectivity index (χ1) is 22.6. The average Bonchev–Trinajstić information content (AvgIpc) is 3.03. The lowest BCUT2D eigenvalue weighted by atomic mass is 9.91. The minimum atomic E-state index is -2.05. The SMILES string of the molecule is C[C@@H](NC(=O)[C@@H](N)Cc1ccc(OCc2ccccc2)cc1)C(=O)NCC(=O)N(C(=O)OC(C)(C)C)[C@@](C)(Cc1ccccc1)C(=O)O. The molecule has 0 saturated heterocycles. The topological polar surface area (TPSA) is 177 Å². The Balaban J connectivity index is 1.59. The van der Waals surface area contributed by atoms with Gasteiger partial charge in [0, 0.05) is 6.42 Å². The Bertz CT molecular complexity index is 1560. The molecule has 0 heterocycles. The number of rotatable bonds is 14. The van der Waals surface area contributed by atoms with E-state index in [1.54, 1.807) is 75.4 Å². The molecule has 0 fully saturated rings. The Labute approximate surface area is 280 Å². The third-order valence-corrected chi connectivity index (χ3v) is 7.30. The summed E-state index contributed by atoms with van der Waals surface area (Å²) in [6.45, 7) is 7.07. The maximum absolute atomic E-state index is 13.4. The Morgan fingerprint density at radius 2 is 1.38 bits per heavy atom. The highest BCUT2D eigenvalue weighted by molar-refractivity contribution is 6.01. The van der Waals surface area contributed by atoms with Gasteiger partial charge in [-0.15, -0.1) is 0 Å². The molecule has 256 valence electrons. The number of nitrogens with one attached hydrogen (secondary N) is 2. The number of nitrogens with two attached hydrogens (primary N) is 1. The second-order valence-electron chi connectivity index (χ2n) is 12.6. The van der Waals surface area contributed by atoms with Crippen LogP contribution in [0.3, 0.4) is 0 Å². The number of benzene rings is 3. The van der Waals surface area contributed by atoms with Crippen LogP contribution in [0.15, 0.2) is 84.9 Å². The van der Waals surface area contributed by atoms with Crippen LogP contribution in [-0.4, -0.2) is 69.6 Å². The Hall–Kier alpha value is -5.23. The van der Waals surface area contributed by atoms with Gasteiger partial charge in [-0.1, -0.05) is 72.8 Å². The molecule has 3 aromatic rings. The van der Waals surface area contributed by atoms with Crippen LogP contribution in [0.2, 0.25) is 0 Å². The predicted octanol–water partition coefficient (Wildman–Crippen LogP) is 3.61. The molecule has 0 unspecified atom stereocenters. The van der Waals surface area contributed by atoms with E-state index in [-0.39, 0.29) is 12.8 Å². The van der Waals surface area contributed by atoms with Crippen molar-refractivity contribution in [2.75, 3.05) is 6.54 Å². The molecule has 12 heteroatoms. The second-order valence-corrected chi connectivity index (χ2v) is 12.6. The van der Waals surface area contributed by atoms with Crippen LogP contribution in [0.25, 0.3) is 0 Å². The monoisotopic (exact) mass is 660 g/mol. The van der Waals surface area contributed by atoms with Crippen molar-refractivity contribution in [2.45, 2.75) is 77.3 Å². The molecule has 12 nitrogen and oxygen atoms in total. The van der Waals surface area contributed by atoms with Crippen LogP contribution in [0.1, 0.15) is 51.3 Å². The van der Waals surface area contributed by atoms with Gasteiger partial charge in [0.15, 0.2) is 5.54 Å². The Morgan fingerprint density at radius 3 is 1.92 bits per heavy atom. The third kappa shape index (κ3) is 10.9. The van der Waals surface area contributed by atoms with Crippen LogP contribution in [-0.2, 0) is 43.4 Å². The Morgan fingerprint density at radius 1 is 0.812 bits per heavy atom. The summed E-state index contributed by atoms with van der Waals surface area (Å²) in [5, 5.41) is 15.1. The summed E-state index contributed by atoms with van der Waals surface area (Å²) in [5.41, 5.74) is 5.40. The van der Waals surface area contributed by atoms with E-state index in [1.807, 2.05) is 30.3 Å². The quantitative estimate of drug-likeness (QED) is 0.201. The number of ether oxygens (including phenoxy) is 2. The van der Waals surface area contributed by atoms with E-state index in [9.17, 15) is 29.1 Å². The standard InChI is InChI=1S/C36H44N4O8/c1-24(39-32(43)29(37)20-25-16-18-28(19-17-25)47-23-27-14-10-7-11-15-27)31(42)38-22-30(41)40(34(46)48-35(2,3)4)36(5,33(44)45)21-26-12-8-6-9-13-26/h6-19,24,29H,20-23,37H2,1-5H3,(H,38,42)(H,39,43)(H,44,45)/t24-,29+,36+/m1/s1. The molecule has 0 aliphatic carbocycles. The second kappa shape index (κ2) is 16.6. The van der Waals surface area contributed by atoms with Crippen molar-refractivity contribution < 1.29 is 38.6 Å². The van der Waals surface area contributed by atoms with Crippen LogP contribution in [0.5, 0.6) is 5.75 Å². The van der Waals surface area contributed by atoms with E-state index in [1.165, 1.54) is 13.8 Å². The van der Waals surface area contributed by atoms with Crippen molar-refractivity contribution in [3.63, 3.8) is 0 Å². The highest BCUT2D eigenvalue weighted by atomic mass is 16.6. The van der Waals surface area contributed by atoms with Crippen molar-refractivity contribution >= 4 is 29.8 Å². The molecule has 0 bridgehead atoms. The smallest absolute Gasteiger partial charge is 0.418 e. The number of hydrogen-bond acceptors (Lipinski definition) is 8. The van der Waals surface area contributed by atoms with Gasteiger partial charge in [0.1, 0.15) is 24.0 Å². The fourth-order valence-electron chi connectivity index (χ4n) is 4.72. The molecule has 4 amide bonds. The van der Waals surface area contributed by atoms with Gasteiger partial charge in [0.2, 0.25) is 11.8 Å². The van der Waals surface area contributed by atoms with E-state index < -0.39 is 59.6 Å². The molecule has 0 aliphatic rings. The molecule has 0 aromatic heterocycles. The summed E-state index contributed by atoms with van der Waals surface area (Å²) in [5.74, 6) is -3.13. The van der Waals surface area contributed by atoms with Crippen molar-refractivity contribution in [3.05, 3.63) is 102 Å². The molecule has 3 atom stereocenters.